The molecule has 0 saturated carbocycles. The van der Waals surface area contributed by atoms with Gasteiger partial charge in [0.25, 0.3) is 5.91 Å². The van der Waals surface area contributed by atoms with E-state index < -0.39 is 0 Å². The van der Waals surface area contributed by atoms with Gasteiger partial charge in [-0.2, -0.15) is 0 Å². The summed E-state index contributed by atoms with van der Waals surface area (Å²) in [5.74, 6) is 0.415. The van der Waals surface area contributed by atoms with Crippen molar-refractivity contribution in [2.24, 2.45) is 0 Å². The van der Waals surface area contributed by atoms with E-state index in [4.69, 9.17) is 11.6 Å². The van der Waals surface area contributed by atoms with Crippen molar-refractivity contribution >= 4 is 29.1 Å². The summed E-state index contributed by atoms with van der Waals surface area (Å²) in [7, 11) is 0. The molecule has 1 aromatic carbocycles. The van der Waals surface area contributed by atoms with Gasteiger partial charge in [0.1, 0.15) is 0 Å². The molecule has 1 aromatic heterocycles. The van der Waals surface area contributed by atoms with E-state index in [9.17, 15) is 4.79 Å². The summed E-state index contributed by atoms with van der Waals surface area (Å²) in [6.07, 6.45) is 4.99. The zero-order valence-electron chi connectivity index (χ0n) is 14.3. The molecular formula is C18H23ClN4O. The van der Waals surface area contributed by atoms with E-state index in [1.165, 1.54) is 0 Å². The molecule has 0 saturated heterocycles. The van der Waals surface area contributed by atoms with Crippen molar-refractivity contribution in [2.75, 3.05) is 18.4 Å². The SMILES string of the molecule is CCCN(CCC)C(=O)c1cnc(Nc2cccc(Cl)c2C)nc1. The van der Waals surface area contributed by atoms with Crippen molar-refractivity contribution in [3.63, 3.8) is 0 Å². The third kappa shape index (κ3) is 4.45. The fourth-order valence-corrected chi connectivity index (χ4v) is 2.58. The number of carbonyl (C=O) groups is 1. The van der Waals surface area contributed by atoms with Crippen LogP contribution in [-0.2, 0) is 0 Å². The second-order valence-electron chi connectivity index (χ2n) is 5.62. The molecule has 0 unspecified atom stereocenters. The van der Waals surface area contributed by atoms with Gasteiger partial charge in [-0.05, 0) is 37.5 Å². The number of hydrogen-bond donors (Lipinski definition) is 1. The summed E-state index contributed by atoms with van der Waals surface area (Å²) in [4.78, 5) is 22.9. The van der Waals surface area contributed by atoms with Gasteiger partial charge in [0.15, 0.2) is 0 Å². The summed E-state index contributed by atoms with van der Waals surface area (Å²) >= 11 is 6.11. The molecule has 1 amide bonds. The number of rotatable bonds is 7. The van der Waals surface area contributed by atoms with Crippen LogP contribution in [0.1, 0.15) is 42.6 Å². The monoisotopic (exact) mass is 346 g/mol. The van der Waals surface area contributed by atoms with E-state index in [0.29, 0.717) is 16.5 Å². The van der Waals surface area contributed by atoms with Crippen molar-refractivity contribution in [1.29, 1.82) is 0 Å². The lowest BCUT2D eigenvalue weighted by atomic mass is 10.2. The lowest BCUT2D eigenvalue weighted by Gasteiger charge is -2.21. The first-order valence-corrected chi connectivity index (χ1v) is 8.58. The van der Waals surface area contributed by atoms with Gasteiger partial charge in [-0.1, -0.05) is 31.5 Å². The van der Waals surface area contributed by atoms with Crippen molar-refractivity contribution in [1.82, 2.24) is 14.9 Å². The van der Waals surface area contributed by atoms with Crippen LogP contribution in [0.15, 0.2) is 30.6 Å². The quantitative estimate of drug-likeness (QED) is 0.805. The Balaban J connectivity index is 2.12. The van der Waals surface area contributed by atoms with Gasteiger partial charge in [0, 0.05) is 36.2 Å². The topological polar surface area (TPSA) is 58.1 Å². The second-order valence-corrected chi connectivity index (χ2v) is 6.03. The number of aromatic nitrogens is 2. The molecule has 0 fully saturated rings. The Kier molecular flexibility index (Phi) is 6.55. The smallest absolute Gasteiger partial charge is 0.256 e. The Morgan fingerprint density at radius 1 is 1.17 bits per heavy atom. The molecule has 6 heteroatoms. The fourth-order valence-electron chi connectivity index (χ4n) is 2.40. The van der Waals surface area contributed by atoms with Crippen LogP contribution in [-0.4, -0.2) is 33.9 Å². The van der Waals surface area contributed by atoms with Crippen molar-refractivity contribution in [2.45, 2.75) is 33.6 Å². The van der Waals surface area contributed by atoms with E-state index in [0.717, 1.165) is 37.2 Å². The summed E-state index contributed by atoms with van der Waals surface area (Å²) in [6, 6.07) is 5.61. The molecule has 0 bridgehead atoms. The van der Waals surface area contributed by atoms with E-state index in [1.807, 2.05) is 30.0 Å². The molecule has 0 aliphatic heterocycles. The lowest BCUT2D eigenvalue weighted by molar-refractivity contribution is 0.0755. The molecule has 0 atom stereocenters. The average Bonchev–Trinajstić information content (AvgIpc) is 2.59. The number of benzene rings is 1. The van der Waals surface area contributed by atoms with Crippen molar-refractivity contribution in [3.8, 4) is 0 Å². The van der Waals surface area contributed by atoms with Gasteiger partial charge < -0.3 is 10.2 Å². The van der Waals surface area contributed by atoms with Crippen molar-refractivity contribution in [3.05, 3.63) is 46.7 Å². The standard InChI is InChI=1S/C18H23ClN4O/c1-4-9-23(10-5-2)17(24)14-11-20-18(21-12-14)22-16-8-6-7-15(19)13(16)3/h6-8,11-12H,4-5,9-10H2,1-3H3,(H,20,21,22). The zero-order chi connectivity index (χ0) is 17.5. The van der Waals surface area contributed by atoms with Crippen LogP contribution in [0.3, 0.4) is 0 Å². The van der Waals surface area contributed by atoms with Crippen LogP contribution in [0.25, 0.3) is 0 Å². The molecule has 24 heavy (non-hydrogen) atoms. The van der Waals surface area contributed by atoms with E-state index in [1.54, 1.807) is 12.4 Å². The maximum absolute atomic E-state index is 12.5. The number of anilines is 2. The van der Waals surface area contributed by atoms with Crippen molar-refractivity contribution < 1.29 is 4.79 Å². The highest BCUT2D eigenvalue weighted by Gasteiger charge is 2.15. The van der Waals surface area contributed by atoms with Gasteiger partial charge in [0.05, 0.1) is 5.56 Å². The predicted octanol–water partition coefficient (Wildman–Crippen LogP) is 4.44. The number of carbonyl (C=O) groups excluding carboxylic acids is 1. The van der Waals surface area contributed by atoms with Crippen LogP contribution in [0.4, 0.5) is 11.6 Å². The molecule has 0 spiro atoms. The Bertz CT molecular complexity index is 682. The molecule has 2 rings (SSSR count). The summed E-state index contributed by atoms with van der Waals surface area (Å²) < 4.78 is 0. The van der Waals surface area contributed by atoms with Crippen LogP contribution in [0.2, 0.25) is 5.02 Å². The summed E-state index contributed by atoms with van der Waals surface area (Å²) in [5, 5.41) is 3.81. The Labute approximate surface area is 148 Å². The highest BCUT2D eigenvalue weighted by Crippen LogP contribution is 2.24. The largest absolute Gasteiger partial charge is 0.339 e. The molecule has 0 radical (unpaired) electrons. The third-order valence-electron chi connectivity index (χ3n) is 3.69. The third-order valence-corrected chi connectivity index (χ3v) is 4.10. The molecular weight excluding hydrogens is 324 g/mol. The number of nitrogens with zero attached hydrogens (tertiary/aromatic N) is 3. The summed E-state index contributed by atoms with van der Waals surface area (Å²) in [5.41, 5.74) is 2.28. The van der Waals surface area contributed by atoms with E-state index in [2.05, 4.69) is 29.1 Å². The molecule has 0 aliphatic carbocycles. The Morgan fingerprint density at radius 3 is 2.38 bits per heavy atom. The average molecular weight is 347 g/mol. The van der Waals surface area contributed by atoms with Gasteiger partial charge in [-0.15, -0.1) is 0 Å². The van der Waals surface area contributed by atoms with Crippen LogP contribution in [0, 0.1) is 6.92 Å². The Morgan fingerprint density at radius 2 is 1.79 bits per heavy atom. The van der Waals surface area contributed by atoms with Gasteiger partial charge >= 0.3 is 0 Å². The van der Waals surface area contributed by atoms with Gasteiger partial charge in [-0.25, -0.2) is 9.97 Å². The predicted molar refractivity (Wildman–Crippen MR) is 98.0 cm³/mol. The molecule has 1 N–H and O–H groups in total. The minimum atomic E-state index is -0.0239. The first-order valence-electron chi connectivity index (χ1n) is 8.20. The number of amides is 1. The second kappa shape index (κ2) is 8.64. The van der Waals surface area contributed by atoms with Gasteiger partial charge in [-0.3, -0.25) is 4.79 Å². The van der Waals surface area contributed by atoms with Crippen LogP contribution >= 0.6 is 11.6 Å². The molecule has 5 nitrogen and oxygen atoms in total. The number of hydrogen-bond acceptors (Lipinski definition) is 4. The minimum absolute atomic E-state index is 0.0239. The van der Waals surface area contributed by atoms with E-state index in [-0.39, 0.29) is 5.91 Å². The van der Waals surface area contributed by atoms with Crippen LogP contribution in [0.5, 0.6) is 0 Å². The van der Waals surface area contributed by atoms with Crippen LogP contribution < -0.4 is 5.32 Å². The number of nitrogens with one attached hydrogen (secondary N) is 1. The normalized spacial score (nSPS) is 10.5. The Hall–Kier alpha value is -2.14. The maximum atomic E-state index is 12.5. The fraction of sp³-hybridized carbons (Fsp3) is 0.389. The molecule has 2 aromatic rings. The van der Waals surface area contributed by atoms with Gasteiger partial charge in [0.2, 0.25) is 5.95 Å². The number of halogens is 1. The van der Waals surface area contributed by atoms with E-state index >= 15 is 0 Å². The zero-order valence-corrected chi connectivity index (χ0v) is 15.1. The summed E-state index contributed by atoms with van der Waals surface area (Å²) in [6.45, 7) is 7.54. The minimum Gasteiger partial charge on any atom is -0.339 e. The first-order chi connectivity index (χ1) is 11.6. The first kappa shape index (κ1) is 18.2. The molecule has 1 heterocycles. The molecule has 128 valence electrons. The highest BCUT2D eigenvalue weighted by molar-refractivity contribution is 6.31. The maximum Gasteiger partial charge on any atom is 0.256 e. The molecule has 0 aliphatic rings. The lowest BCUT2D eigenvalue weighted by Crippen LogP contribution is -2.32. The highest BCUT2D eigenvalue weighted by atomic mass is 35.5.